The molecule has 8 heteroatoms. The second kappa shape index (κ2) is 9.66. The summed E-state index contributed by atoms with van der Waals surface area (Å²) in [5, 5.41) is 15.1. The first-order chi connectivity index (χ1) is 13.5. The molecular formula is C20H21FN4OS2. The Balaban J connectivity index is 1.54. The fourth-order valence-electron chi connectivity index (χ4n) is 2.61. The molecule has 2 N–H and O–H groups in total. The first kappa shape index (κ1) is 20.3. The fourth-order valence-corrected chi connectivity index (χ4v) is 4.19. The summed E-state index contributed by atoms with van der Waals surface area (Å²) in [6, 6.07) is 15.8. The maximum atomic E-state index is 13.2. The van der Waals surface area contributed by atoms with Crippen LogP contribution in [0.2, 0.25) is 0 Å². The fraction of sp³-hybridized carbons (Fsp3) is 0.250. The van der Waals surface area contributed by atoms with E-state index in [0.717, 1.165) is 15.6 Å². The molecule has 0 saturated carbocycles. The van der Waals surface area contributed by atoms with E-state index in [1.165, 1.54) is 35.2 Å². The first-order valence-corrected chi connectivity index (χ1v) is 10.6. The number of halogens is 1. The van der Waals surface area contributed by atoms with Crippen molar-refractivity contribution in [3.63, 3.8) is 0 Å². The van der Waals surface area contributed by atoms with Gasteiger partial charge >= 0.3 is 0 Å². The molecule has 0 aliphatic rings. The molecule has 2 aromatic carbocycles. The van der Waals surface area contributed by atoms with Crippen molar-refractivity contribution in [2.45, 2.75) is 24.2 Å². The molecule has 1 heterocycles. The van der Waals surface area contributed by atoms with Crippen LogP contribution in [0, 0.1) is 11.7 Å². The van der Waals surface area contributed by atoms with Crippen molar-refractivity contribution in [1.29, 1.82) is 0 Å². The molecule has 0 aliphatic heterocycles. The van der Waals surface area contributed by atoms with Crippen LogP contribution in [-0.4, -0.2) is 21.9 Å². The van der Waals surface area contributed by atoms with Gasteiger partial charge in [0.25, 0.3) is 0 Å². The van der Waals surface area contributed by atoms with Gasteiger partial charge in [-0.25, -0.2) is 4.39 Å². The van der Waals surface area contributed by atoms with E-state index in [4.69, 9.17) is 0 Å². The molecule has 0 bridgehead atoms. The molecule has 1 atom stereocenters. The minimum Gasteiger partial charge on any atom is -0.348 e. The van der Waals surface area contributed by atoms with Crippen LogP contribution < -0.4 is 10.6 Å². The predicted octanol–water partition coefficient (Wildman–Crippen LogP) is 5.03. The van der Waals surface area contributed by atoms with Crippen LogP contribution in [0.4, 0.5) is 15.2 Å². The molecule has 0 radical (unpaired) electrons. The number of carbonyl (C=O) groups excluding carboxylic acids is 1. The van der Waals surface area contributed by atoms with E-state index in [2.05, 4.69) is 20.8 Å². The molecule has 1 aromatic heterocycles. The zero-order valence-corrected chi connectivity index (χ0v) is 17.2. The van der Waals surface area contributed by atoms with E-state index < -0.39 is 0 Å². The number of para-hydroxylation sites is 1. The highest BCUT2D eigenvalue weighted by atomic mass is 32.2. The van der Waals surface area contributed by atoms with Crippen molar-refractivity contribution in [2.24, 2.45) is 5.92 Å². The van der Waals surface area contributed by atoms with Gasteiger partial charge in [-0.05, 0) is 35.7 Å². The Morgan fingerprint density at radius 1 is 1.11 bits per heavy atom. The maximum absolute atomic E-state index is 13.2. The van der Waals surface area contributed by atoms with E-state index in [1.807, 2.05) is 44.2 Å². The Hall–Kier alpha value is -2.45. The summed E-state index contributed by atoms with van der Waals surface area (Å²) in [6.07, 6.45) is 0. The Morgan fingerprint density at radius 2 is 1.82 bits per heavy atom. The zero-order valence-electron chi connectivity index (χ0n) is 15.6. The number of nitrogens with zero attached hydrogens (tertiary/aromatic N) is 2. The number of hydrogen-bond acceptors (Lipinski definition) is 6. The van der Waals surface area contributed by atoms with Crippen molar-refractivity contribution in [2.75, 3.05) is 11.1 Å². The smallest absolute Gasteiger partial charge is 0.230 e. The van der Waals surface area contributed by atoms with E-state index in [-0.39, 0.29) is 29.4 Å². The first-order valence-electron chi connectivity index (χ1n) is 8.84. The van der Waals surface area contributed by atoms with Crippen LogP contribution in [0.5, 0.6) is 0 Å². The van der Waals surface area contributed by atoms with Gasteiger partial charge in [0.1, 0.15) is 5.82 Å². The number of rotatable bonds is 8. The van der Waals surface area contributed by atoms with Crippen molar-refractivity contribution < 1.29 is 9.18 Å². The number of carbonyl (C=O) groups is 1. The molecule has 0 fully saturated rings. The number of anilines is 2. The van der Waals surface area contributed by atoms with E-state index in [1.54, 1.807) is 12.1 Å². The standard InChI is InChI=1S/C20H21FN4OS2/c1-13(2)18(14-8-10-15(21)11-9-14)23-17(26)12-27-20-25-24-19(28-20)22-16-6-4-3-5-7-16/h3-11,13,18H,12H2,1-2H3,(H,22,24)(H,23,26). The van der Waals surface area contributed by atoms with E-state index >= 15 is 0 Å². The molecule has 1 unspecified atom stereocenters. The largest absolute Gasteiger partial charge is 0.348 e. The molecular weight excluding hydrogens is 395 g/mol. The summed E-state index contributed by atoms with van der Waals surface area (Å²) in [5.41, 5.74) is 1.83. The minimum absolute atomic E-state index is 0.0965. The highest BCUT2D eigenvalue weighted by Gasteiger charge is 2.19. The Labute approximate surface area is 171 Å². The maximum Gasteiger partial charge on any atom is 0.230 e. The van der Waals surface area contributed by atoms with E-state index in [9.17, 15) is 9.18 Å². The number of hydrogen-bond donors (Lipinski definition) is 2. The van der Waals surface area contributed by atoms with Crippen LogP contribution in [-0.2, 0) is 4.79 Å². The summed E-state index contributed by atoms with van der Waals surface area (Å²) < 4.78 is 13.9. The molecule has 28 heavy (non-hydrogen) atoms. The van der Waals surface area contributed by atoms with Gasteiger partial charge < -0.3 is 10.6 Å². The van der Waals surface area contributed by atoms with Crippen LogP contribution >= 0.6 is 23.1 Å². The van der Waals surface area contributed by atoms with Crippen molar-refractivity contribution >= 4 is 39.8 Å². The predicted molar refractivity (Wildman–Crippen MR) is 112 cm³/mol. The van der Waals surface area contributed by atoms with Crippen LogP contribution in [0.3, 0.4) is 0 Å². The average Bonchev–Trinajstić information content (AvgIpc) is 3.13. The van der Waals surface area contributed by atoms with Gasteiger partial charge in [0.15, 0.2) is 4.34 Å². The lowest BCUT2D eigenvalue weighted by atomic mass is 9.96. The highest BCUT2D eigenvalue weighted by Crippen LogP contribution is 2.28. The Bertz CT molecular complexity index is 900. The lowest BCUT2D eigenvalue weighted by Crippen LogP contribution is -2.32. The molecule has 0 aliphatic carbocycles. The summed E-state index contributed by atoms with van der Waals surface area (Å²) >= 11 is 2.74. The lowest BCUT2D eigenvalue weighted by molar-refractivity contribution is -0.119. The minimum atomic E-state index is -0.288. The van der Waals surface area contributed by atoms with Crippen molar-refractivity contribution in [3.8, 4) is 0 Å². The molecule has 0 saturated heterocycles. The third-order valence-corrected chi connectivity index (χ3v) is 5.94. The number of aromatic nitrogens is 2. The highest BCUT2D eigenvalue weighted by molar-refractivity contribution is 8.01. The lowest BCUT2D eigenvalue weighted by Gasteiger charge is -2.22. The van der Waals surface area contributed by atoms with Crippen LogP contribution in [0.25, 0.3) is 0 Å². The Morgan fingerprint density at radius 3 is 2.50 bits per heavy atom. The van der Waals surface area contributed by atoms with Gasteiger partial charge in [0, 0.05) is 5.69 Å². The van der Waals surface area contributed by atoms with Gasteiger partial charge in [-0.3, -0.25) is 4.79 Å². The average molecular weight is 417 g/mol. The Kier molecular flexibility index (Phi) is 7.00. The molecule has 5 nitrogen and oxygen atoms in total. The van der Waals surface area contributed by atoms with Crippen LogP contribution in [0.1, 0.15) is 25.5 Å². The number of nitrogens with one attached hydrogen (secondary N) is 2. The monoisotopic (exact) mass is 416 g/mol. The quantitative estimate of drug-likeness (QED) is 0.504. The third kappa shape index (κ3) is 5.77. The SMILES string of the molecule is CC(C)C(NC(=O)CSc1nnc(Nc2ccccc2)s1)c1ccc(F)cc1. The van der Waals surface area contributed by atoms with Gasteiger partial charge in [-0.15, -0.1) is 10.2 Å². The second-order valence-corrected chi connectivity index (χ2v) is 8.69. The van der Waals surface area contributed by atoms with Gasteiger partial charge in [-0.2, -0.15) is 0 Å². The number of amides is 1. The summed E-state index contributed by atoms with van der Waals surface area (Å²) in [4.78, 5) is 12.4. The zero-order chi connectivity index (χ0) is 19.9. The molecule has 3 rings (SSSR count). The molecule has 1 amide bonds. The van der Waals surface area contributed by atoms with Crippen molar-refractivity contribution in [3.05, 3.63) is 66.0 Å². The molecule has 146 valence electrons. The number of benzene rings is 2. The molecule has 3 aromatic rings. The van der Waals surface area contributed by atoms with Crippen molar-refractivity contribution in [1.82, 2.24) is 15.5 Å². The second-order valence-electron chi connectivity index (χ2n) is 6.49. The number of thioether (sulfide) groups is 1. The van der Waals surface area contributed by atoms with E-state index in [0.29, 0.717) is 5.13 Å². The topological polar surface area (TPSA) is 66.9 Å². The van der Waals surface area contributed by atoms with Gasteiger partial charge in [0.05, 0.1) is 11.8 Å². The normalized spacial score (nSPS) is 12.0. The van der Waals surface area contributed by atoms with Crippen LogP contribution in [0.15, 0.2) is 58.9 Å². The summed E-state index contributed by atoms with van der Waals surface area (Å²) in [5.74, 6) is 0.0393. The molecule has 0 spiro atoms. The van der Waals surface area contributed by atoms with Gasteiger partial charge in [-0.1, -0.05) is 67.3 Å². The summed E-state index contributed by atoms with van der Waals surface area (Å²) in [7, 11) is 0. The van der Waals surface area contributed by atoms with Gasteiger partial charge in [0.2, 0.25) is 11.0 Å². The summed E-state index contributed by atoms with van der Waals surface area (Å²) in [6.45, 7) is 4.04. The third-order valence-electron chi connectivity index (χ3n) is 3.97.